The number of benzene rings is 2. The van der Waals surface area contributed by atoms with Crippen LogP contribution < -0.4 is 10.3 Å². The van der Waals surface area contributed by atoms with E-state index in [0.29, 0.717) is 5.69 Å². The van der Waals surface area contributed by atoms with E-state index in [1.165, 1.54) is 26.3 Å². The maximum Gasteiger partial charge on any atom is 0.343 e. The average molecular weight is 363 g/mol. The number of esters is 1. The molecule has 0 unspecified atom stereocenters. The van der Waals surface area contributed by atoms with Crippen LogP contribution in [0.1, 0.15) is 15.9 Å². The number of carbonyl (C=O) groups excluding carboxylic acids is 2. The fraction of sp³-hybridized carbons (Fsp3) is 0.176. The molecular formula is C17H15F2N3O4. The molecule has 0 radical (unpaired) electrons. The van der Waals surface area contributed by atoms with Crippen molar-refractivity contribution < 1.29 is 28.2 Å². The number of nitrogens with zero attached hydrogens (tertiary/aromatic N) is 2. The molecule has 0 atom stereocenters. The summed E-state index contributed by atoms with van der Waals surface area (Å²) >= 11 is 0. The minimum atomic E-state index is -0.984. The molecule has 2 amide bonds. The molecule has 0 aromatic heterocycles. The Labute approximate surface area is 147 Å². The van der Waals surface area contributed by atoms with Crippen LogP contribution in [0.2, 0.25) is 0 Å². The lowest BCUT2D eigenvalue weighted by atomic mass is 10.1. The zero-order valence-electron chi connectivity index (χ0n) is 13.9. The lowest BCUT2D eigenvalue weighted by molar-refractivity contribution is 0.0600. The number of methoxy groups -OCH3 is 1. The number of rotatable bonds is 3. The van der Waals surface area contributed by atoms with Gasteiger partial charge in [-0.05, 0) is 18.2 Å². The number of hydrogen-bond donors (Lipinski definition) is 2. The quantitative estimate of drug-likeness (QED) is 0.820. The number of nitrogens with one attached hydrogen (secondary N) is 1. The van der Waals surface area contributed by atoms with E-state index >= 15 is 0 Å². The van der Waals surface area contributed by atoms with Crippen LogP contribution in [-0.2, 0) is 11.3 Å². The Morgan fingerprint density at radius 3 is 2.50 bits per heavy atom. The molecule has 2 aromatic rings. The molecule has 0 fully saturated rings. The van der Waals surface area contributed by atoms with Crippen LogP contribution in [0.15, 0.2) is 30.3 Å². The van der Waals surface area contributed by atoms with Crippen molar-refractivity contribution in [3.05, 3.63) is 53.1 Å². The van der Waals surface area contributed by atoms with E-state index in [-0.39, 0.29) is 16.8 Å². The highest BCUT2D eigenvalue weighted by Crippen LogP contribution is 2.34. The average Bonchev–Trinajstić information content (AvgIpc) is 2.59. The van der Waals surface area contributed by atoms with E-state index in [0.717, 1.165) is 22.0 Å². The molecule has 3 rings (SSSR count). The number of fused-ring (bicyclic) bond motifs is 1. The monoisotopic (exact) mass is 363 g/mol. The number of urea groups is 1. The molecule has 136 valence electrons. The van der Waals surface area contributed by atoms with E-state index in [4.69, 9.17) is 0 Å². The predicted octanol–water partition coefficient (Wildman–Crippen LogP) is 2.86. The van der Waals surface area contributed by atoms with Gasteiger partial charge in [0.2, 0.25) is 0 Å². The van der Waals surface area contributed by atoms with E-state index < -0.39 is 35.9 Å². The topological polar surface area (TPSA) is 82.1 Å². The van der Waals surface area contributed by atoms with Crippen molar-refractivity contribution in [2.75, 3.05) is 24.5 Å². The van der Waals surface area contributed by atoms with Gasteiger partial charge in [0.25, 0.3) is 0 Å². The van der Waals surface area contributed by atoms with E-state index in [1.807, 2.05) is 0 Å². The molecule has 0 spiro atoms. The van der Waals surface area contributed by atoms with Crippen LogP contribution in [0.5, 0.6) is 5.75 Å². The van der Waals surface area contributed by atoms with E-state index in [2.05, 4.69) is 10.2 Å². The van der Waals surface area contributed by atoms with Crippen molar-refractivity contribution >= 4 is 23.4 Å². The molecule has 0 aliphatic carbocycles. The first kappa shape index (κ1) is 17.5. The molecular weight excluding hydrogens is 348 g/mol. The molecule has 0 saturated heterocycles. The van der Waals surface area contributed by atoms with Crippen LogP contribution in [-0.4, -0.2) is 36.3 Å². The Morgan fingerprint density at radius 2 is 1.88 bits per heavy atom. The third-order valence-corrected chi connectivity index (χ3v) is 3.96. The highest BCUT2D eigenvalue weighted by Gasteiger charge is 2.30. The number of anilines is 2. The summed E-state index contributed by atoms with van der Waals surface area (Å²) in [6, 6.07) is 5.41. The first-order valence-electron chi connectivity index (χ1n) is 7.53. The fourth-order valence-corrected chi connectivity index (χ4v) is 2.66. The Balaban J connectivity index is 2.07. The van der Waals surface area contributed by atoms with E-state index in [1.54, 1.807) is 6.07 Å². The van der Waals surface area contributed by atoms with Gasteiger partial charge in [0.05, 0.1) is 30.6 Å². The molecule has 9 heteroatoms. The lowest BCUT2D eigenvalue weighted by Gasteiger charge is -2.36. The SMILES string of the molecule is COC(=O)c1ccc2c(c1)N(Cc1c(F)cc(O)cc1F)C(=O)N(C)N2. The van der Waals surface area contributed by atoms with Crippen molar-refractivity contribution in [1.82, 2.24) is 5.01 Å². The van der Waals surface area contributed by atoms with Gasteiger partial charge in [-0.3, -0.25) is 10.3 Å². The number of hydrogen-bond acceptors (Lipinski definition) is 5. The summed E-state index contributed by atoms with van der Waals surface area (Å²) in [5, 5.41) is 10.4. The first-order valence-corrected chi connectivity index (χ1v) is 7.53. The molecule has 0 bridgehead atoms. The zero-order valence-corrected chi connectivity index (χ0v) is 13.9. The minimum Gasteiger partial charge on any atom is -0.508 e. The Hall–Kier alpha value is -3.36. The Bertz CT molecular complexity index is 881. The number of ether oxygens (including phenoxy) is 1. The molecule has 7 nitrogen and oxygen atoms in total. The fourth-order valence-electron chi connectivity index (χ4n) is 2.66. The van der Waals surface area contributed by atoms with Gasteiger partial charge < -0.3 is 9.84 Å². The second-order valence-electron chi connectivity index (χ2n) is 5.65. The van der Waals surface area contributed by atoms with Crippen LogP contribution in [0.3, 0.4) is 0 Å². The molecule has 1 aliphatic rings. The molecule has 1 heterocycles. The van der Waals surface area contributed by atoms with Gasteiger partial charge in [0.1, 0.15) is 17.4 Å². The number of halogens is 2. The third-order valence-electron chi connectivity index (χ3n) is 3.96. The lowest BCUT2D eigenvalue weighted by Crippen LogP contribution is -2.48. The van der Waals surface area contributed by atoms with Gasteiger partial charge >= 0.3 is 12.0 Å². The molecule has 2 aromatic carbocycles. The number of phenols is 1. The van der Waals surface area contributed by atoms with Crippen LogP contribution >= 0.6 is 0 Å². The van der Waals surface area contributed by atoms with Gasteiger partial charge in [-0.2, -0.15) is 0 Å². The summed E-state index contributed by atoms with van der Waals surface area (Å²) in [4.78, 5) is 25.4. The summed E-state index contributed by atoms with van der Waals surface area (Å²) in [6.07, 6.45) is 0. The molecule has 1 aliphatic heterocycles. The van der Waals surface area contributed by atoms with Gasteiger partial charge in [0.15, 0.2) is 0 Å². The summed E-state index contributed by atoms with van der Waals surface area (Å²) in [7, 11) is 2.67. The number of amides is 2. The zero-order chi connectivity index (χ0) is 19.0. The molecule has 26 heavy (non-hydrogen) atoms. The van der Waals surface area contributed by atoms with Crippen molar-refractivity contribution in [2.24, 2.45) is 0 Å². The largest absolute Gasteiger partial charge is 0.508 e. The predicted molar refractivity (Wildman–Crippen MR) is 88.8 cm³/mol. The second-order valence-corrected chi connectivity index (χ2v) is 5.65. The van der Waals surface area contributed by atoms with Gasteiger partial charge in [-0.1, -0.05) is 0 Å². The second kappa shape index (κ2) is 6.51. The Morgan fingerprint density at radius 1 is 1.23 bits per heavy atom. The third kappa shape index (κ3) is 2.99. The number of carbonyl (C=O) groups is 2. The van der Waals surface area contributed by atoms with Crippen molar-refractivity contribution in [3.8, 4) is 5.75 Å². The summed E-state index contributed by atoms with van der Waals surface area (Å²) < 4.78 is 32.8. The van der Waals surface area contributed by atoms with Crippen LogP contribution in [0.25, 0.3) is 0 Å². The van der Waals surface area contributed by atoms with Gasteiger partial charge in [-0.25, -0.2) is 23.4 Å². The summed E-state index contributed by atoms with van der Waals surface area (Å²) in [5.74, 6) is -3.13. The highest BCUT2D eigenvalue weighted by atomic mass is 19.1. The standard InChI is InChI=1S/C17H15F2N3O4/c1-21-17(25)22(8-11-12(18)6-10(23)7-13(11)19)15-5-9(16(24)26-2)3-4-14(15)20-21/h3-7,20,23H,8H2,1-2H3. The number of phenolic OH excluding ortho intramolecular Hbond substituents is 1. The van der Waals surface area contributed by atoms with Crippen molar-refractivity contribution in [1.29, 1.82) is 0 Å². The van der Waals surface area contributed by atoms with Gasteiger partial charge in [0, 0.05) is 24.7 Å². The number of aromatic hydroxyl groups is 1. The van der Waals surface area contributed by atoms with Crippen LogP contribution in [0.4, 0.5) is 25.0 Å². The van der Waals surface area contributed by atoms with Crippen molar-refractivity contribution in [3.63, 3.8) is 0 Å². The van der Waals surface area contributed by atoms with E-state index in [9.17, 15) is 23.5 Å². The highest BCUT2D eigenvalue weighted by molar-refractivity contribution is 6.01. The maximum absolute atomic E-state index is 14.1. The molecule has 2 N–H and O–H groups in total. The minimum absolute atomic E-state index is 0.182. The van der Waals surface area contributed by atoms with Crippen LogP contribution in [0, 0.1) is 11.6 Å². The summed E-state index contributed by atoms with van der Waals surface area (Å²) in [5.41, 5.74) is 3.34. The molecule has 0 saturated carbocycles. The summed E-state index contributed by atoms with van der Waals surface area (Å²) in [6.45, 7) is -0.430. The van der Waals surface area contributed by atoms with Crippen molar-refractivity contribution in [2.45, 2.75) is 6.54 Å². The Kier molecular flexibility index (Phi) is 4.37. The normalized spacial score (nSPS) is 13.3. The van der Waals surface area contributed by atoms with Gasteiger partial charge in [-0.15, -0.1) is 0 Å². The number of hydrazine groups is 1. The smallest absolute Gasteiger partial charge is 0.343 e. The first-order chi connectivity index (χ1) is 12.3. The maximum atomic E-state index is 14.1.